The van der Waals surface area contributed by atoms with Crippen LogP contribution in [0.1, 0.15) is 12.0 Å². The first-order chi connectivity index (χ1) is 7.66. The van der Waals surface area contributed by atoms with Crippen LogP contribution in [0.5, 0.6) is 0 Å². The van der Waals surface area contributed by atoms with Crippen molar-refractivity contribution in [2.75, 3.05) is 11.9 Å². The van der Waals surface area contributed by atoms with Crippen LogP contribution in [-0.2, 0) is 9.59 Å². The molecule has 1 heterocycles. The van der Waals surface area contributed by atoms with Gasteiger partial charge >= 0.3 is 0 Å². The van der Waals surface area contributed by atoms with E-state index in [1.165, 1.54) is 0 Å². The van der Waals surface area contributed by atoms with Crippen molar-refractivity contribution >= 4 is 23.2 Å². The van der Waals surface area contributed by atoms with Gasteiger partial charge < -0.3 is 11.1 Å². The number of anilines is 1. The minimum absolute atomic E-state index is 0.0251. The second-order valence-electron chi connectivity index (χ2n) is 3.50. The van der Waals surface area contributed by atoms with E-state index in [2.05, 4.69) is 10.3 Å². The minimum atomic E-state index is -0.456. The Hall–Kier alpha value is -2.17. The largest absolute Gasteiger partial charge is 0.369 e. The van der Waals surface area contributed by atoms with Crippen molar-refractivity contribution in [1.29, 1.82) is 0 Å². The molecule has 0 spiro atoms. The molecule has 5 heteroatoms. The van der Waals surface area contributed by atoms with Crippen LogP contribution >= 0.6 is 0 Å². The Labute approximate surface area is 92.4 Å². The molecule has 1 aromatic carbocycles. The van der Waals surface area contributed by atoms with Gasteiger partial charge in [0.15, 0.2) is 0 Å². The monoisotopic (exact) mass is 217 g/mol. The first kappa shape index (κ1) is 10.4. The van der Waals surface area contributed by atoms with E-state index >= 15 is 0 Å². The summed E-state index contributed by atoms with van der Waals surface area (Å²) >= 11 is 0. The van der Waals surface area contributed by atoms with Gasteiger partial charge in [-0.3, -0.25) is 14.6 Å². The number of rotatable bonds is 2. The molecule has 0 unspecified atom stereocenters. The van der Waals surface area contributed by atoms with Gasteiger partial charge in [-0.15, -0.1) is 0 Å². The molecule has 0 atom stereocenters. The lowest BCUT2D eigenvalue weighted by Gasteiger charge is -2.07. The van der Waals surface area contributed by atoms with Crippen LogP contribution in [0.3, 0.4) is 0 Å². The van der Waals surface area contributed by atoms with Gasteiger partial charge in [0.1, 0.15) is 6.54 Å². The highest BCUT2D eigenvalue weighted by Crippen LogP contribution is 2.19. The Balaban J connectivity index is 2.44. The molecule has 5 nitrogen and oxygen atoms in total. The summed E-state index contributed by atoms with van der Waals surface area (Å²) in [5.41, 5.74) is 7.13. The number of benzene rings is 1. The Bertz CT molecular complexity index is 480. The van der Waals surface area contributed by atoms with Crippen molar-refractivity contribution < 1.29 is 9.59 Å². The summed E-state index contributed by atoms with van der Waals surface area (Å²) in [5.74, 6) is -0.644. The second kappa shape index (κ2) is 4.14. The molecule has 0 fully saturated rings. The zero-order chi connectivity index (χ0) is 11.5. The lowest BCUT2D eigenvalue weighted by Crippen LogP contribution is -2.17. The van der Waals surface area contributed by atoms with Crippen molar-refractivity contribution in [3.05, 3.63) is 29.8 Å². The first-order valence-corrected chi connectivity index (χ1v) is 4.87. The highest BCUT2D eigenvalue weighted by atomic mass is 16.2. The van der Waals surface area contributed by atoms with Crippen LogP contribution in [0.25, 0.3) is 0 Å². The number of hydrogen-bond donors (Lipinski definition) is 2. The van der Waals surface area contributed by atoms with Crippen LogP contribution < -0.4 is 11.1 Å². The normalized spacial score (nSPS) is 14.5. The lowest BCUT2D eigenvalue weighted by atomic mass is 10.1. The number of nitrogens with two attached hydrogens (primary N) is 1. The number of hydrogen-bond acceptors (Lipinski definition) is 3. The molecule has 0 saturated heterocycles. The molecule has 0 aromatic heterocycles. The van der Waals surface area contributed by atoms with E-state index in [4.69, 9.17) is 5.73 Å². The molecule has 2 amide bonds. The van der Waals surface area contributed by atoms with E-state index in [-0.39, 0.29) is 18.9 Å². The molecule has 1 aliphatic heterocycles. The third-order valence-electron chi connectivity index (χ3n) is 2.27. The van der Waals surface area contributed by atoms with Crippen LogP contribution in [0.2, 0.25) is 0 Å². The molecule has 2 rings (SSSR count). The van der Waals surface area contributed by atoms with E-state index in [9.17, 15) is 9.59 Å². The maximum atomic E-state index is 11.3. The van der Waals surface area contributed by atoms with E-state index < -0.39 is 5.91 Å². The summed E-state index contributed by atoms with van der Waals surface area (Å²) in [5, 5.41) is 2.72. The van der Waals surface area contributed by atoms with Gasteiger partial charge in [0.05, 0.1) is 12.1 Å². The molecule has 0 radical (unpaired) electrons. The SMILES string of the molecule is NC(=O)CC1=NCC(=O)Nc2ccccc21. The predicted molar refractivity (Wildman–Crippen MR) is 60.3 cm³/mol. The number of nitrogens with one attached hydrogen (secondary N) is 1. The Morgan fingerprint density at radius 3 is 2.94 bits per heavy atom. The fraction of sp³-hybridized carbons (Fsp3) is 0.182. The predicted octanol–water partition coefficient (Wildman–Crippen LogP) is 0.303. The van der Waals surface area contributed by atoms with Crippen LogP contribution in [0.15, 0.2) is 29.3 Å². The average molecular weight is 217 g/mol. The fourth-order valence-electron chi connectivity index (χ4n) is 1.60. The number of carbonyl (C=O) groups is 2. The maximum Gasteiger partial charge on any atom is 0.246 e. The molecule has 0 saturated carbocycles. The van der Waals surface area contributed by atoms with Gasteiger partial charge in [0.2, 0.25) is 11.8 Å². The number of carbonyl (C=O) groups excluding carboxylic acids is 2. The zero-order valence-electron chi connectivity index (χ0n) is 8.56. The molecule has 1 aliphatic rings. The Morgan fingerprint density at radius 1 is 1.44 bits per heavy atom. The summed E-state index contributed by atoms with van der Waals surface area (Å²) in [6.45, 7) is 0.0251. The topological polar surface area (TPSA) is 84.6 Å². The summed E-state index contributed by atoms with van der Waals surface area (Å²) in [4.78, 5) is 26.3. The molecular formula is C11H11N3O2. The summed E-state index contributed by atoms with van der Waals surface area (Å²) in [6, 6.07) is 7.22. The number of fused-ring (bicyclic) bond motifs is 1. The molecular weight excluding hydrogens is 206 g/mol. The number of primary amides is 1. The molecule has 0 bridgehead atoms. The van der Waals surface area contributed by atoms with E-state index in [1.807, 2.05) is 18.2 Å². The second-order valence-corrected chi connectivity index (χ2v) is 3.50. The van der Waals surface area contributed by atoms with E-state index in [1.54, 1.807) is 6.07 Å². The average Bonchev–Trinajstić information content (AvgIpc) is 2.38. The molecule has 3 N–H and O–H groups in total. The van der Waals surface area contributed by atoms with Crippen LogP contribution in [0.4, 0.5) is 5.69 Å². The van der Waals surface area contributed by atoms with Gasteiger partial charge in [-0.2, -0.15) is 0 Å². The number of amides is 2. The minimum Gasteiger partial charge on any atom is -0.369 e. The number of benzodiazepines with no additional fused rings is 1. The first-order valence-electron chi connectivity index (χ1n) is 4.87. The van der Waals surface area contributed by atoms with Crippen LogP contribution in [0, 0.1) is 0 Å². The highest BCUT2D eigenvalue weighted by molar-refractivity contribution is 6.16. The lowest BCUT2D eigenvalue weighted by molar-refractivity contribution is -0.117. The fourth-order valence-corrected chi connectivity index (χ4v) is 1.60. The van der Waals surface area contributed by atoms with E-state index in [0.29, 0.717) is 11.4 Å². The molecule has 1 aromatic rings. The summed E-state index contributed by atoms with van der Waals surface area (Å²) in [7, 11) is 0. The third-order valence-corrected chi connectivity index (χ3v) is 2.27. The third kappa shape index (κ3) is 2.08. The molecule has 82 valence electrons. The quantitative estimate of drug-likeness (QED) is 0.746. The Morgan fingerprint density at radius 2 is 2.19 bits per heavy atom. The van der Waals surface area contributed by atoms with Crippen molar-refractivity contribution in [2.45, 2.75) is 6.42 Å². The van der Waals surface area contributed by atoms with Crippen molar-refractivity contribution in [1.82, 2.24) is 0 Å². The number of para-hydroxylation sites is 1. The number of nitrogens with zero attached hydrogens (tertiary/aromatic N) is 1. The van der Waals surface area contributed by atoms with Gasteiger partial charge in [0.25, 0.3) is 0 Å². The standard InChI is InChI=1S/C11H11N3O2/c12-10(15)5-9-7-3-1-2-4-8(7)14-11(16)6-13-9/h1-4H,5-6H2,(H2,12,15)(H,14,16). The molecule has 0 aliphatic carbocycles. The maximum absolute atomic E-state index is 11.3. The summed E-state index contributed by atoms with van der Waals surface area (Å²) < 4.78 is 0. The van der Waals surface area contributed by atoms with Crippen molar-refractivity contribution in [2.24, 2.45) is 10.7 Å². The van der Waals surface area contributed by atoms with Crippen molar-refractivity contribution in [3.63, 3.8) is 0 Å². The number of aliphatic imine (C=N–C) groups is 1. The van der Waals surface area contributed by atoms with Crippen molar-refractivity contribution in [3.8, 4) is 0 Å². The Kier molecular flexibility index (Phi) is 2.68. The van der Waals surface area contributed by atoms with E-state index in [0.717, 1.165) is 5.56 Å². The molecule has 16 heavy (non-hydrogen) atoms. The van der Waals surface area contributed by atoms with Gasteiger partial charge in [0, 0.05) is 11.3 Å². The van der Waals surface area contributed by atoms with Gasteiger partial charge in [-0.1, -0.05) is 18.2 Å². The zero-order valence-corrected chi connectivity index (χ0v) is 8.56. The van der Waals surface area contributed by atoms with Gasteiger partial charge in [-0.25, -0.2) is 0 Å². The van der Waals surface area contributed by atoms with Gasteiger partial charge in [-0.05, 0) is 6.07 Å². The highest BCUT2D eigenvalue weighted by Gasteiger charge is 2.16. The van der Waals surface area contributed by atoms with Crippen LogP contribution in [-0.4, -0.2) is 24.1 Å². The summed E-state index contributed by atoms with van der Waals surface area (Å²) in [6.07, 6.45) is 0.0476. The smallest absolute Gasteiger partial charge is 0.246 e.